The van der Waals surface area contributed by atoms with Crippen LogP contribution in [0.4, 0.5) is 0 Å². The van der Waals surface area contributed by atoms with Crippen LogP contribution in [0.3, 0.4) is 0 Å². The highest BCUT2D eigenvalue weighted by molar-refractivity contribution is 5.64. The molecule has 5 heteroatoms. The highest BCUT2D eigenvalue weighted by Gasteiger charge is 2.22. The second kappa shape index (κ2) is 9.45. The molecule has 0 spiro atoms. The van der Waals surface area contributed by atoms with Gasteiger partial charge in [0.15, 0.2) is 0 Å². The monoisotopic (exact) mass is 404 g/mol. The van der Waals surface area contributed by atoms with Gasteiger partial charge in [-0.2, -0.15) is 5.10 Å². The molecule has 0 bridgehead atoms. The summed E-state index contributed by atoms with van der Waals surface area (Å²) in [5.41, 5.74) is 4.51. The third-order valence-electron chi connectivity index (χ3n) is 5.72. The van der Waals surface area contributed by atoms with E-state index in [0.717, 1.165) is 42.3 Å². The molecule has 1 aromatic heterocycles. The lowest BCUT2D eigenvalue weighted by molar-refractivity contribution is 0.186. The van der Waals surface area contributed by atoms with Crippen LogP contribution in [0.5, 0.6) is 5.75 Å². The maximum Gasteiger partial charge on any atom is 0.118 e. The number of hydrogen-bond donors (Lipinski definition) is 1. The summed E-state index contributed by atoms with van der Waals surface area (Å²) < 4.78 is 7.33. The fourth-order valence-corrected chi connectivity index (χ4v) is 4.20. The van der Waals surface area contributed by atoms with Crippen molar-refractivity contribution in [1.82, 2.24) is 20.0 Å². The van der Waals surface area contributed by atoms with Gasteiger partial charge in [0, 0.05) is 36.0 Å². The van der Waals surface area contributed by atoms with E-state index in [9.17, 15) is 0 Å². The van der Waals surface area contributed by atoms with Crippen LogP contribution in [-0.2, 0) is 6.54 Å². The van der Waals surface area contributed by atoms with Crippen molar-refractivity contribution in [3.05, 3.63) is 66.4 Å². The van der Waals surface area contributed by atoms with Crippen LogP contribution in [-0.4, -0.2) is 47.0 Å². The standard InChI is InChI=1S/C25H32N4O/c1-19(2)26-22-13-15-28(16-14-22)17-21-18-29(23-7-5-4-6-8-23)27-25(21)20-9-11-24(30-3)12-10-20/h4-12,18-19,22,26H,13-17H2,1-3H3. The number of hydrogen-bond acceptors (Lipinski definition) is 4. The van der Waals surface area contributed by atoms with Crippen LogP contribution in [0.25, 0.3) is 16.9 Å². The molecule has 2 heterocycles. The summed E-state index contributed by atoms with van der Waals surface area (Å²) in [6, 6.07) is 19.7. The quantitative estimate of drug-likeness (QED) is 0.629. The number of para-hydroxylation sites is 1. The Hall–Kier alpha value is -2.63. The summed E-state index contributed by atoms with van der Waals surface area (Å²) in [6.45, 7) is 7.60. The van der Waals surface area contributed by atoms with Gasteiger partial charge in [-0.1, -0.05) is 32.0 Å². The number of piperidine rings is 1. The number of nitrogens with one attached hydrogen (secondary N) is 1. The molecule has 158 valence electrons. The predicted molar refractivity (Wildman–Crippen MR) is 122 cm³/mol. The molecule has 1 saturated heterocycles. The third kappa shape index (κ3) is 4.91. The van der Waals surface area contributed by atoms with Crippen molar-refractivity contribution >= 4 is 0 Å². The van der Waals surface area contributed by atoms with Gasteiger partial charge in [0.1, 0.15) is 5.75 Å². The molecule has 5 nitrogen and oxygen atoms in total. The summed E-state index contributed by atoms with van der Waals surface area (Å²) >= 11 is 0. The van der Waals surface area contributed by atoms with Crippen molar-refractivity contribution in [2.75, 3.05) is 20.2 Å². The van der Waals surface area contributed by atoms with Gasteiger partial charge in [-0.25, -0.2) is 4.68 Å². The topological polar surface area (TPSA) is 42.3 Å². The number of methoxy groups -OCH3 is 1. The number of aromatic nitrogens is 2. The van der Waals surface area contributed by atoms with Crippen molar-refractivity contribution < 1.29 is 4.74 Å². The average Bonchev–Trinajstić information content (AvgIpc) is 3.19. The Bertz CT molecular complexity index is 926. The van der Waals surface area contributed by atoms with E-state index in [2.05, 4.69) is 66.7 Å². The van der Waals surface area contributed by atoms with Gasteiger partial charge >= 0.3 is 0 Å². The number of benzene rings is 2. The van der Waals surface area contributed by atoms with E-state index in [4.69, 9.17) is 9.84 Å². The maximum absolute atomic E-state index is 5.33. The Kier molecular flexibility index (Phi) is 6.50. The lowest BCUT2D eigenvalue weighted by atomic mass is 10.0. The average molecular weight is 405 g/mol. The summed E-state index contributed by atoms with van der Waals surface area (Å²) in [7, 11) is 1.70. The van der Waals surface area contributed by atoms with Gasteiger partial charge in [-0.3, -0.25) is 4.90 Å². The number of rotatable bonds is 7. The van der Waals surface area contributed by atoms with Crippen LogP contribution in [0, 0.1) is 0 Å². The highest BCUT2D eigenvalue weighted by Crippen LogP contribution is 2.27. The molecule has 0 atom stereocenters. The molecule has 1 aliphatic rings. The normalized spacial score (nSPS) is 15.6. The maximum atomic E-state index is 5.33. The molecule has 0 amide bonds. The number of likely N-dealkylation sites (tertiary alicyclic amines) is 1. The summed E-state index contributed by atoms with van der Waals surface area (Å²) in [6.07, 6.45) is 4.58. The van der Waals surface area contributed by atoms with Crippen LogP contribution in [0.1, 0.15) is 32.3 Å². The van der Waals surface area contributed by atoms with Gasteiger partial charge in [0.2, 0.25) is 0 Å². The van der Waals surface area contributed by atoms with E-state index < -0.39 is 0 Å². The number of nitrogens with zero attached hydrogens (tertiary/aromatic N) is 3. The molecule has 1 N–H and O–H groups in total. The van der Waals surface area contributed by atoms with E-state index in [1.54, 1.807) is 7.11 Å². The van der Waals surface area contributed by atoms with Crippen molar-refractivity contribution in [3.8, 4) is 22.7 Å². The Balaban J connectivity index is 1.57. The largest absolute Gasteiger partial charge is 0.497 e. The van der Waals surface area contributed by atoms with Gasteiger partial charge in [0.25, 0.3) is 0 Å². The Labute approximate surface area is 179 Å². The molecule has 1 aliphatic heterocycles. The Morgan fingerprint density at radius 2 is 1.73 bits per heavy atom. The minimum absolute atomic E-state index is 0.548. The van der Waals surface area contributed by atoms with Crippen molar-refractivity contribution in [2.24, 2.45) is 0 Å². The zero-order chi connectivity index (χ0) is 20.9. The third-order valence-corrected chi connectivity index (χ3v) is 5.72. The molecule has 0 aliphatic carbocycles. The van der Waals surface area contributed by atoms with E-state index in [1.807, 2.05) is 22.9 Å². The number of ether oxygens (including phenoxy) is 1. The highest BCUT2D eigenvalue weighted by atomic mass is 16.5. The summed E-state index contributed by atoms with van der Waals surface area (Å²) in [5.74, 6) is 0.863. The minimum atomic E-state index is 0.548. The van der Waals surface area contributed by atoms with Crippen molar-refractivity contribution in [2.45, 2.75) is 45.3 Å². The van der Waals surface area contributed by atoms with E-state index in [0.29, 0.717) is 12.1 Å². The molecule has 0 unspecified atom stereocenters. The van der Waals surface area contributed by atoms with E-state index >= 15 is 0 Å². The first kappa shape index (κ1) is 20.6. The second-order valence-corrected chi connectivity index (χ2v) is 8.38. The lowest BCUT2D eigenvalue weighted by Gasteiger charge is -2.33. The lowest BCUT2D eigenvalue weighted by Crippen LogP contribution is -2.44. The molecule has 2 aromatic carbocycles. The minimum Gasteiger partial charge on any atom is -0.497 e. The molecule has 0 saturated carbocycles. The Morgan fingerprint density at radius 3 is 2.37 bits per heavy atom. The van der Waals surface area contributed by atoms with Gasteiger partial charge in [-0.05, 0) is 62.3 Å². The van der Waals surface area contributed by atoms with E-state index in [-0.39, 0.29) is 0 Å². The van der Waals surface area contributed by atoms with Crippen LogP contribution >= 0.6 is 0 Å². The molecule has 4 rings (SSSR count). The zero-order valence-corrected chi connectivity index (χ0v) is 18.2. The molecule has 3 aromatic rings. The van der Waals surface area contributed by atoms with Gasteiger partial charge in [0.05, 0.1) is 18.5 Å². The molecule has 1 fully saturated rings. The predicted octanol–water partition coefficient (Wildman–Crippen LogP) is 4.51. The first-order valence-corrected chi connectivity index (χ1v) is 10.9. The van der Waals surface area contributed by atoms with Crippen LogP contribution in [0.2, 0.25) is 0 Å². The van der Waals surface area contributed by atoms with Gasteiger partial charge in [-0.15, -0.1) is 0 Å². The summed E-state index contributed by atoms with van der Waals surface area (Å²) in [5, 5.41) is 8.65. The Morgan fingerprint density at radius 1 is 1.03 bits per heavy atom. The second-order valence-electron chi connectivity index (χ2n) is 8.38. The van der Waals surface area contributed by atoms with Gasteiger partial charge < -0.3 is 10.1 Å². The first-order chi connectivity index (χ1) is 14.6. The molecule has 30 heavy (non-hydrogen) atoms. The van der Waals surface area contributed by atoms with Crippen LogP contribution < -0.4 is 10.1 Å². The van der Waals surface area contributed by atoms with E-state index in [1.165, 1.54) is 18.4 Å². The smallest absolute Gasteiger partial charge is 0.118 e. The molecular formula is C25H32N4O. The molecular weight excluding hydrogens is 372 g/mol. The zero-order valence-electron chi connectivity index (χ0n) is 18.2. The van der Waals surface area contributed by atoms with Crippen molar-refractivity contribution in [1.29, 1.82) is 0 Å². The first-order valence-electron chi connectivity index (χ1n) is 10.9. The van der Waals surface area contributed by atoms with Crippen LogP contribution in [0.15, 0.2) is 60.8 Å². The fraction of sp³-hybridized carbons (Fsp3) is 0.400. The fourth-order valence-electron chi connectivity index (χ4n) is 4.20. The molecule has 0 radical (unpaired) electrons. The SMILES string of the molecule is COc1ccc(-c2nn(-c3ccccc3)cc2CN2CCC(NC(C)C)CC2)cc1. The summed E-state index contributed by atoms with van der Waals surface area (Å²) in [4.78, 5) is 2.55. The van der Waals surface area contributed by atoms with Crippen molar-refractivity contribution in [3.63, 3.8) is 0 Å².